The number of rotatable bonds is 4. The van der Waals surface area contributed by atoms with E-state index in [0.717, 1.165) is 5.56 Å². The first-order valence-electron chi connectivity index (χ1n) is 7.06. The first kappa shape index (κ1) is 20.2. The average molecular weight is 376 g/mol. The molecule has 3 nitrogen and oxygen atoms in total. The Labute approximate surface area is 146 Å². The fourth-order valence-electron chi connectivity index (χ4n) is 1.66. The summed E-state index contributed by atoms with van der Waals surface area (Å²) in [5.41, 5.74) is 4.89. The predicted molar refractivity (Wildman–Crippen MR) is 94.7 cm³/mol. The van der Waals surface area contributed by atoms with E-state index in [9.17, 15) is 9.28 Å². The van der Waals surface area contributed by atoms with Crippen molar-refractivity contribution in [3.63, 3.8) is 0 Å². The molecule has 0 aliphatic carbocycles. The van der Waals surface area contributed by atoms with Crippen LogP contribution in [-0.4, -0.2) is 6.61 Å². The minimum Gasteiger partial charge on any atom is -0.797 e. The van der Waals surface area contributed by atoms with Crippen LogP contribution in [0.2, 0.25) is 5.02 Å². The summed E-state index contributed by atoms with van der Waals surface area (Å²) in [5, 5.41) is 1.11. The Morgan fingerprint density at radius 2 is 1.74 bits per heavy atom. The zero-order chi connectivity index (χ0) is 17.5. The van der Waals surface area contributed by atoms with Crippen molar-refractivity contribution in [2.24, 2.45) is 0 Å². The molecule has 0 aliphatic rings. The van der Waals surface area contributed by atoms with Crippen LogP contribution in [0.5, 0.6) is 0 Å². The number of halogens is 2. The second-order valence-corrected chi connectivity index (χ2v) is 8.49. The van der Waals surface area contributed by atoms with Gasteiger partial charge in [-0.25, -0.2) is 4.39 Å². The van der Waals surface area contributed by atoms with Gasteiger partial charge >= 0.3 is 0 Å². The molecule has 2 aromatic carbocycles. The predicted octanol–water partition coefficient (Wildman–Crippen LogP) is 2.80. The summed E-state index contributed by atoms with van der Waals surface area (Å²) in [4.78, 5) is 11.7. The first-order chi connectivity index (χ1) is 10.8. The minimum absolute atomic E-state index is 0.190. The van der Waals surface area contributed by atoms with Crippen molar-refractivity contribution < 1.29 is 19.5 Å². The standard InChI is InChI=1S/C8H10ClO2PS.C8H10FN/c1-2-11-12(10,13)8-5-3-7(9)4-6-8;1-6(10)7-2-4-8(9)5-3-7/h3-6H,2H2,1H3,(H,10,13);2-6H,10H2,1H3/t;6-/m.1/s1. The van der Waals surface area contributed by atoms with Gasteiger partial charge in [-0.2, -0.15) is 0 Å². The Morgan fingerprint density at radius 1 is 1.22 bits per heavy atom. The maximum atomic E-state index is 12.3. The van der Waals surface area contributed by atoms with E-state index in [1.807, 2.05) is 6.92 Å². The molecule has 126 valence electrons. The highest BCUT2D eigenvalue weighted by Crippen LogP contribution is 2.35. The summed E-state index contributed by atoms with van der Waals surface area (Å²) in [6.07, 6.45) is 0. The Kier molecular flexibility index (Phi) is 8.34. The van der Waals surface area contributed by atoms with E-state index >= 15 is 0 Å². The largest absolute Gasteiger partial charge is 0.797 e. The second-order valence-electron chi connectivity index (χ2n) is 4.84. The van der Waals surface area contributed by atoms with Gasteiger partial charge in [-0.15, -0.1) is 0 Å². The molecule has 0 spiro atoms. The van der Waals surface area contributed by atoms with Crippen LogP contribution in [0.4, 0.5) is 4.39 Å². The molecule has 0 bridgehead atoms. The summed E-state index contributed by atoms with van der Waals surface area (Å²) in [6.45, 7) is 1.05. The SMILES string of the molecule is CCOP([O-])(=S)c1ccc(Cl)cc1.C[C@@H]([NH3+])c1ccc(F)cc1. The third-order valence-electron chi connectivity index (χ3n) is 2.88. The Morgan fingerprint density at radius 3 is 2.17 bits per heavy atom. The summed E-state index contributed by atoms with van der Waals surface area (Å²) in [6, 6.07) is 13.2. The van der Waals surface area contributed by atoms with Crippen molar-refractivity contribution >= 4 is 35.2 Å². The number of hydrogen-bond donors (Lipinski definition) is 1. The lowest BCUT2D eigenvalue weighted by atomic mass is 10.1. The van der Waals surface area contributed by atoms with Crippen LogP contribution in [0.3, 0.4) is 0 Å². The highest BCUT2D eigenvalue weighted by molar-refractivity contribution is 8.12. The van der Waals surface area contributed by atoms with Crippen molar-refractivity contribution in [1.29, 1.82) is 0 Å². The third kappa shape index (κ3) is 7.08. The molecule has 0 saturated heterocycles. The van der Waals surface area contributed by atoms with Gasteiger partial charge in [0.15, 0.2) is 0 Å². The molecule has 2 aromatic rings. The van der Waals surface area contributed by atoms with E-state index in [4.69, 9.17) is 27.9 Å². The lowest BCUT2D eigenvalue weighted by molar-refractivity contribution is -0.420. The smallest absolute Gasteiger partial charge is 0.123 e. The quantitative estimate of drug-likeness (QED) is 0.836. The van der Waals surface area contributed by atoms with E-state index in [2.05, 4.69) is 5.73 Å². The summed E-state index contributed by atoms with van der Waals surface area (Å²) >= 11 is 10.5. The van der Waals surface area contributed by atoms with Gasteiger partial charge in [0, 0.05) is 23.7 Å². The summed E-state index contributed by atoms with van der Waals surface area (Å²) in [5.74, 6) is -0.190. The van der Waals surface area contributed by atoms with Crippen LogP contribution >= 0.6 is 18.1 Å². The molecule has 2 atom stereocenters. The van der Waals surface area contributed by atoms with Gasteiger partial charge < -0.3 is 15.2 Å². The average Bonchev–Trinajstić information content (AvgIpc) is 2.48. The van der Waals surface area contributed by atoms with E-state index < -0.39 is 6.49 Å². The lowest BCUT2D eigenvalue weighted by Gasteiger charge is -2.27. The zero-order valence-corrected chi connectivity index (χ0v) is 15.5. The zero-order valence-electron chi connectivity index (χ0n) is 13.0. The number of benzene rings is 2. The van der Waals surface area contributed by atoms with Gasteiger partial charge in [0.25, 0.3) is 0 Å². The molecule has 23 heavy (non-hydrogen) atoms. The molecule has 0 saturated carbocycles. The van der Waals surface area contributed by atoms with Gasteiger partial charge in [0.1, 0.15) is 11.9 Å². The van der Waals surface area contributed by atoms with Crippen molar-refractivity contribution in [3.05, 3.63) is 64.9 Å². The molecule has 0 radical (unpaired) electrons. The van der Waals surface area contributed by atoms with Crippen LogP contribution in [0.25, 0.3) is 0 Å². The second kappa shape index (κ2) is 9.48. The van der Waals surface area contributed by atoms with Crippen LogP contribution in [0.1, 0.15) is 25.5 Å². The summed E-state index contributed by atoms with van der Waals surface area (Å²) < 4.78 is 17.3. The Bertz CT molecular complexity index is 650. The maximum Gasteiger partial charge on any atom is 0.123 e. The Hall–Kier alpha value is -0.810. The molecule has 0 fully saturated rings. The lowest BCUT2D eigenvalue weighted by Crippen LogP contribution is -2.51. The maximum absolute atomic E-state index is 12.3. The molecular formula is C16H20ClFNO2PS. The van der Waals surface area contributed by atoms with Crippen molar-refractivity contribution in [3.8, 4) is 0 Å². The van der Waals surface area contributed by atoms with Gasteiger partial charge in [0.05, 0.1) is 0 Å². The first-order valence-corrected chi connectivity index (χ1v) is 10.1. The third-order valence-corrected chi connectivity index (χ3v) is 5.61. The molecule has 7 heteroatoms. The normalized spacial score (nSPS) is 14.3. The van der Waals surface area contributed by atoms with E-state index in [1.54, 1.807) is 43.3 Å². The van der Waals surface area contributed by atoms with Gasteiger partial charge in [0.2, 0.25) is 0 Å². The van der Waals surface area contributed by atoms with E-state index in [-0.39, 0.29) is 11.9 Å². The minimum atomic E-state index is -3.04. The molecule has 2 rings (SSSR count). The van der Waals surface area contributed by atoms with Crippen molar-refractivity contribution in [2.45, 2.75) is 19.9 Å². The van der Waals surface area contributed by atoms with Gasteiger partial charge in [-0.3, -0.25) is 0 Å². The molecule has 1 unspecified atom stereocenters. The van der Waals surface area contributed by atoms with Gasteiger partial charge in [-0.1, -0.05) is 47.7 Å². The molecule has 0 aliphatic heterocycles. The van der Waals surface area contributed by atoms with E-state index in [1.165, 1.54) is 12.1 Å². The molecule has 0 amide bonds. The molecule has 3 N–H and O–H groups in total. The number of quaternary nitrogens is 1. The highest BCUT2D eigenvalue weighted by atomic mass is 35.5. The number of hydrogen-bond acceptors (Lipinski definition) is 3. The topological polar surface area (TPSA) is 59.9 Å². The van der Waals surface area contributed by atoms with Crippen LogP contribution in [0.15, 0.2) is 48.5 Å². The van der Waals surface area contributed by atoms with E-state index in [0.29, 0.717) is 16.9 Å². The Balaban J connectivity index is 0.000000238. The van der Waals surface area contributed by atoms with Crippen LogP contribution in [-0.2, 0) is 16.3 Å². The monoisotopic (exact) mass is 375 g/mol. The molecular weight excluding hydrogens is 356 g/mol. The van der Waals surface area contributed by atoms with Crippen LogP contribution in [0, 0.1) is 5.82 Å². The molecule has 0 aromatic heterocycles. The summed E-state index contributed by atoms with van der Waals surface area (Å²) in [7, 11) is 0. The van der Waals surface area contributed by atoms with Gasteiger partial charge in [-0.05, 0) is 43.4 Å². The molecule has 0 heterocycles. The highest BCUT2D eigenvalue weighted by Gasteiger charge is 2.05. The van der Waals surface area contributed by atoms with Crippen molar-refractivity contribution in [1.82, 2.24) is 0 Å². The van der Waals surface area contributed by atoms with Crippen molar-refractivity contribution in [2.75, 3.05) is 6.61 Å². The fourth-order valence-corrected chi connectivity index (χ4v) is 3.47. The van der Waals surface area contributed by atoms with Crippen LogP contribution < -0.4 is 15.9 Å². The fraction of sp³-hybridized carbons (Fsp3) is 0.250.